The first-order chi connectivity index (χ1) is 18.5. The zero-order chi connectivity index (χ0) is 26.5. The van der Waals surface area contributed by atoms with Gasteiger partial charge in [-0.25, -0.2) is 0 Å². The Morgan fingerprint density at radius 2 is 1.76 bits per heavy atom. The first-order valence-electron chi connectivity index (χ1n) is 13.1. The van der Waals surface area contributed by atoms with Gasteiger partial charge in [0.25, 0.3) is 5.91 Å². The van der Waals surface area contributed by atoms with Crippen LogP contribution in [0.2, 0.25) is 5.02 Å². The maximum Gasteiger partial charge on any atom is 0.254 e. The Hall–Kier alpha value is -3.49. The van der Waals surface area contributed by atoms with Crippen LogP contribution in [0.5, 0.6) is 0 Å². The minimum Gasteiger partial charge on any atom is -0.376 e. The number of aryl methyl sites for hydroxylation is 1. The lowest BCUT2D eigenvalue weighted by molar-refractivity contribution is -0.132. The molecule has 2 aliphatic rings. The van der Waals surface area contributed by atoms with Gasteiger partial charge in [-0.15, -0.1) is 10.2 Å². The summed E-state index contributed by atoms with van der Waals surface area (Å²) in [6.45, 7) is 5.48. The number of aromatic nitrogens is 2. The van der Waals surface area contributed by atoms with E-state index >= 15 is 0 Å². The molecule has 0 N–H and O–H groups in total. The van der Waals surface area contributed by atoms with E-state index < -0.39 is 0 Å². The largest absolute Gasteiger partial charge is 0.376 e. The standard InChI is InChI=1S/C29H32ClN5O3/c1-21-7-2-3-9-23(21)29(37)35(19-22-8-6-18-38-22)20-28(36)34-16-14-33(15-17-34)27-13-12-26(31-32-27)24-10-4-5-11-25(24)30/h2-5,7,9-13,22H,6,8,14-20H2,1H3. The fraction of sp³-hybridized carbons (Fsp3) is 0.379. The molecule has 0 spiro atoms. The molecular formula is C29H32ClN5O3. The van der Waals surface area contributed by atoms with E-state index in [2.05, 4.69) is 15.1 Å². The number of amides is 2. The summed E-state index contributed by atoms with van der Waals surface area (Å²) in [7, 11) is 0. The lowest BCUT2D eigenvalue weighted by Gasteiger charge is -2.36. The van der Waals surface area contributed by atoms with E-state index in [-0.39, 0.29) is 24.5 Å². The van der Waals surface area contributed by atoms with E-state index in [1.807, 2.05) is 72.5 Å². The van der Waals surface area contributed by atoms with E-state index in [0.29, 0.717) is 49.9 Å². The van der Waals surface area contributed by atoms with Crippen LogP contribution in [0.25, 0.3) is 11.3 Å². The van der Waals surface area contributed by atoms with Crippen LogP contribution in [0.4, 0.5) is 5.82 Å². The van der Waals surface area contributed by atoms with Crippen LogP contribution in [-0.2, 0) is 9.53 Å². The lowest BCUT2D eigenvalue weighted by Crippen LogP contribution is -2.52. The smallest absolute Gasteiger partial charge is 0.254 e. The highest BCUT2D eigenvalue weighted by Crippen LogP contribution is 2.26. The number of carbonyl (C=O) groups is 2. The molecule has 9 heteroatoms. The molecule has 2 saturated heterocycles. The molecule has 0 aliphatic carbocycles. The highest BCUT2D eigenvalue weighted by Gasteiger charge is 2.29. The Morgan fingerprint density at radius 3 is 2.45 bits per heavy atom. The van der Waals surface area contributed by atoms with Crippen molar-refractivity contribution in [1.82, 2.24) is 20.0 Å². The summed E-state index contributed by atoms with van der Waals surface area (Å²) in [6.07, 6.45) is 1.86. The number of benzene rings is 2. The number of piperazine rings is 1. The molecule has 1 atom stereocenters. The third-order valence-electron chi connectivity index (χ3n) is 7.19. The average Bonchev–Trinajstić information content (AvgIpc) is 3.46. The third-order valence-corrected chi connectivity index (χ3v) is 7.52. The highest BCUT2D eigenvalue weighted by molar-refractivity contribution is 6.33. The molecule has 198 valence electrons. The summed E-state index contributed by atoms with van der Waals surface area (Å²) >= 11 is 6.29. The highest BCUT2D eigenvalue weighted by atomic mass is 35.5. The molecule has 1 unspecified atom stereocenters. The molecule has 2 aliphatic heterocycles. The van der Waals surface area contributed by atoms with Gasteiger partial charge in [0.2, 0.25) is 5.91 Å². The van der Waals surface area contributed by atoms with E-state index in [9.17, 15) is 9.59 Å². The molecule has 3 aromatic rings. The maximum atomic E-state index is 13.4. The van der Waals surface area contributed by atoms with Crippen LogP contribution in [-0.4, -0.2) is 83.8 Å². The van der Waals surface area contributed by atoms with Crippen molar-refractivity contribution in [3.63, 3.8) is 0 Å². The number of hydrogen-bond donors (Lipinski definition) is 0. The minimum atomic E-state index is -0.125. The van der Waals surface area contributed by atoms with Gasteiger partial charge in [0.1, 0.15) is 6.54 Å². The van der Waals surface area contributed by atoms with E-state index in [1.54, 1.807) is 4.90 Å². The Balaban J connectivity index is 1.21. The first kappa shape index (κ1) is 26.1. The van der Waals surface area contributed by atoms with Gasteiger partial charge >= 0.3 is 0 Å². The summed E-state index contributed by atoms with van der Waals surface area (Å²) < 4.78 is 5.79. The van der Waals surface area contributed by atoms with Crippen molar-refractivity contribution in [1.29, 1.82) is 0 Å². The second-order valence-corrected chi connectivity index (χ2v) is 10.2. The number of carbonyl (C=O) groups excluding carboxylic acids is 2. The predicted octanol–water partition coefficient (Wildman–Crippen LogP) is 4.08. The molecule has 1 aromatic heterocycles. The Labute approximate surface area is 228 Å². The Bertz CT molecular complexity index is 1270. The lowest BCUT2D eigenvalue weighted by atomic mass is 10.1. The van der Waals surface area contributed by atoms with Crippen molar-refractivity contribution < 1.29 is 14.3 Å². The molecule has 2 amide bonds. The van der Waals surface area contributed by atoms with Crippen molar-refractivity contribution in [2.24, 2.45) is 0 Å². The fourth-order valence-electron chi connectivity index (χ4n) is 4.99. The molecule has 0 bridgehead atoms. The van der Waals surface area contributed by atoms with Crippen LogP contribution in [0, 0.1) is 6.92 Å². The van der Waals surface area contributed by atoms with Gasteiger partial charge in [-0.05, 0) is 49.6 Å². The predicted molar refractivity (Wildman–Crippen MR) is 147 cm³/mol. The van der Waals surface area contributed by atoms with Gasteiger partial charge in [0.15, 0.2) is 5.82 Å². The van der Waals surface area contributed by atoms with Crippen molar-refractivity contribution in [3.05, 3.63) is 76.8 Å². The molecule has 3 heterocycles. The fourth-order valence-corrected chi connectivity index (χ4v) is 5.22. The second kappa shape index (κ2) is 11.9. The number of halogens is 1. The normalized spacial score (nSPS) is 17.5. The van der Waals surface area contributed by atoms with Crippen LogP contribution in [0.15, 0.2) is 60.7 Å². The van der Waals surface area contributed by atoms with Crippen LogP contribution in [0.1, 0.15) is 28.8 Å². The van der Waals surface area contributed by atoms with Crippen molar-refractivity contribution >= 4 is 29.2 Å². The van der Waals surface area contributed by atoms with Crippen LogP contribution >= 0.6 is 11.6 Å². The summed E-state index contributed by atoms with van der Waals surface area (Å²) in [5.41, 5.74) is 3.09. The monoisotopic (exact) mass is 533 g/mol. The van der Waals surface area contributed by atoms with Crippen LogP contribution in [0.3, 0.4) is 0 Å². The minimum absolute atomic E-state index is 0.0278. The molecule has 0 radical (unpaired) electrons. The number of anilines is 1. The van der Waals surface area contributed by atoms with E-state index in [1.165, 1.54) is 0 Å². The second-order valence-electron chi connectivity index (χ2n) is 9.76. The molecule has 0 saturated carbocycles. The molecule has 2 aromatic carbocycles. The van der Waals surface area contributed by atoms with Gasteiger partial charge < -0.3 is 19.4 Å². The van der Waals surface area contributed by atoms with Gasteiger partial charge in [0, 0.05) is 50.5 Å². The molecular weight excluding hydrogens is 502 g/mol. The maximum absolute atomic E-state index is 13.4. The third kappa shape index (κ3) is 5.97. The Morgan fingerprint density at radius 1 is 1.00 bits per heavy atom. The zero-order valence-corrected chi connectivity index (χ0v) is 22.3. The molecule has 5 rings (SSSR count). The summed E-state index contributed by atoms with van der Waals surface area (Å²) in [4.78, 5) is 32.3. The average molecular weight is 534 g/mol. The molecule has 8 nitrogen and oxygen atoms in total. The van der Waals surface area contributed by atoms with Crippen molar-refractivity contribution in [2.45, 2.75) is 25.9 Å². The van der Waals surface area contributed by atoms with Gasteiger partial charge in [-0.3, -0.25) is 9.59 Å². The van der Waals surface area contributed by atoms with E-state index in [4.69, 9.17) is 16.3 Å². The SMILES string of the molecule is Cc1ccccc1C(=O)N(CC(=O)N1CCN(c2ccc(-c3ccccc3Cl)nn2)CC1)CC1CCCO1. The first-order valence-corrected chi connectivity index (χ1v) is 13.5. The quantitative estimate of drug-likeness (QED) is 0.455. The Kier molecular flexibility index (Phi) is 8.20. The molecule has 38 heavy (non-hydrogen) atoms. The topological polar surface area (TPSA) is 78.9 Å². The van der Waals surface area contributed by atoms with Gasteiger partial charge in [-0.2, -0.15) is 0 Å². The summed E-state index contributed by atoms with van der Waals surface area (Å²) in [6, 6.07) is 18.9. The van der Waals surface area contributed by atoms with E-state index in [0.717, 1.165) is 35.5 Å². The number of hydrogen-bond acceptors (Lipinski definition) is 6. The van der Waals surface area contributed by atoms with Crippen molar-refractivity contribution in [2.75, 3.05) is 50.8 Å². The summed E-state index contributed by atoms with van der Waals surface area (Å²) in [5, 5.41) is 9.41. The van der Waals surface area contributed by atoms with Crippen LogP contribution < -0.4 is 4.90 Å². The summed E-state index contributed by atoms with van der Waals surface area (Å²) in [5.74, 6) is 0.590. The zero-order valence-electron chi connectivity index (χ0n) is 21.6. The van der Waals surface area contributed by atoms with Gasteiger partial charge in [-0.1, -0.05) is 48.0 Å². The number of rotatable bonds is 7. The van der Waals surface area contributed by atoms with Gasteiger partial charge in [0.05, 0.1) is 16.8 Å². The molecule has 2 fully saturated rings. The number of nitrogens with zero attached hydrogens (tertiary/aromatic N) is 5. The van der Waals surface area contributed by atoms with Crippen molar-refractivity contribution in [3.8, 4) is 11.3 Å². The number of ether oxygens (including phenoxy) is 1.